The van der Waals surface area contributed by atoms with Gasteiger partial charge in [-0.15, -0.1) is 0 Å². The van der Waals surface area contributed by atoms with E-state index in [4.69, 9.17) is 4.74 Å². The predicted octanol–water partition coefficient (Wildman–Crippen LogP) is 2.08. The van der Waals surface area contributed by atoms with Crippen molar-refractivity contribution in [2.45, 2.75) is 50.0 Å². The van der Waals surface area contributed by atoms with E-state index < -0.39 is 10.0 Å². The molecule has 1 amide bonds. The van der Waals surface area contributed by atoms with Crippen molar-refractivity contribution in [3.8, 4) is 6.07 Å². The van der Waals surface area contributed by atoms with E-state index in [-0.39, 0.29) is 22.5 Å². The van der Waals surface area contributed by atoms with Gasteiger partial charge in [0.15, 0.2) is 0 Å². The highest BCUT2D eigenvalue weighted by Gasteiger charge is 2.30. The van der Waals surface area contributed by atoms with Crippen LogP contribution in [0.5, 0.6) is 0 Å². The number of nitrogens with one attached hydrogen (secondary N) is 2. The smallest absolute Gasteiger partial charge is 0.244 e. The van der Waals surface area contributed by atoms with Gasteiger partial charge < -0.3 is 15.4 Å². The lowest BCUT2D eigenvalue weighted by molar-refractivity contribution is -0.122. The van der Waals surface area contributed by atoms with Crippen molar-refractivity contribution in [1.82, 2.24) is 9.62 Å². The first-order chi connectivity index (χ1) is 14.5. The molecule has 9 heteroatoms. The number of rotatable bonds is 9. The Morgan fingerprint density at radius 3 is 2.83 bits per heavy atom. The van der Waals surface area contributed by atoms with Gasteiger partial charge in [-0.1, -0.05) is 13.0 Å². The molecule has 0 saturated carbocycles. The second-order valence-corrected chi connectivity index (χ2v) is 9.71. The average molecular weight is 435 g/mol. The van der Waals surface area contributed by atoms with Gasteiger partial charge in [-0.3, -0.25) is 4.79 Å². The van der Waals surface area contributed by atoms with Crippen LogP contribution in [0.4, 0.5) is 5.69 Å². The van der Waals surface area contributed by atoms with Crippen LogP contribution >= 0.6 is 0 Å². The van der Waals surface area contributed by atoms with Crippen molar-refractivity contribution in [3.63, 3.8) is 0 Å². The number of amides is 1. The number of piperidine rings is 1. The van der Waals surface area contributed by atoms with Crippen molar-refractivity contribution in [2.24, 2.45) is 5.92 Å². The van der Waals surface area contributed by atoms with E-state index in [1.807, 2.05) is 0 Å². The summed E-state index contributed by atoms with van der Waals surface area (Å²) < 4.78 is 33.6. The van der Waals surface area contributed by atoms with Gasteiger partial charge in [0.25, 0.3) is 0 Å². The van der Waals surface area contributed by atoms with Crippen LogP contribution < -0.4 is 10.6 Å². The van der Waals surface area contributed by atoms with Crippen LogP contribution in [0.2, 0.25) is 0 Å². The fourth-order valence-corrected chi connectivity index (χ4v) is 5.65. The fraction of sp³-hybridized carbons (Fsp3) is 0.619. The summed E-state index contributed by atoms with van der Waals surface area (Å²) in [4.78, 5) is 11.3. The highest BCUT2D eigenvalue weighted by Crippen LogP contribution is 2.27. The second kappa shape index (κ2) is 10.2. The lowest BCUT2D eigenvalue weighted by Crippen LogP contribution is -2.37. The Morgan fingerprint density at radius 1 is 1.37 bits per heavy atom. The summed E-state index contributed by atoms with van der Waals surface area (Å²) >= 11 is 0. The van der Waals surface area contributed by atoms with Gasteiger partial charge >= 0.3 is 0 Å². The summed E-state index contributed by atoms with van der Waals surface area (Å²) in [5.74, 6) is 0.474. The van der Waals surface area contributed by atoms with Crippen LogP contribution in [0.25, 0.3) is 0 Å². The van der Waals surface area contributed by atoms with Gasteiger partial charge in [-0.25, -0.2) is 8.42 Å². The Morgan fingerprint density at radius 2 is 2.20 bits per heavy atom. The zero-order valence-electron chi connectivity index (χ0n) is 17.4. The minimum atomic E-state index is -3.81. The maximum atomic E-state index is 13.3. The minimum absolute atomic E-state index is 0.0276. The van der Waals surface area contributed by atoms with E-state index in [2.05, 4.69) is 16.7 Å². The molecule has 164 valence electrons. The zero-order chi connectivity index (χ0) is 21.6. The number of hydrogen-bond donors (Lipinski definition) is 2. The molecular weight excluding hydrogens is 404 g/mol. The van der Waals surface area contributed by atoms with Crippen LogP contribution in [0.15, 0.2) is 23.1 Å². The molecule has 2 unspecified atom stereocenters. The van der Waals surface area contributed by atoms with E-state index in [0.717, 1.165) is 25.7 Å². The molecule has 30 heavy (non-hydrogen) atoms. The van der Waals surface area contributed by atoms with Gasteiger partial charge in [0.05, 0.1) is 17.4 Å². The summed E-state index contributed by atoms with van der Waals surface area (Å²) in [5, 5.41) is 15.8. The van der Waals surface area contributed by atoms with Crippen molar-refractivity contribution in [2.75, 3.05) is 38.1 Å². The Hall–Kier alpha value is -2.15. The molecule has 2 fully saturated rings. The summed E-state index contributed by atoms with van der Waals surface area (Å²) in [6, 6.07) is 6.97. The second-order valence-electron chi connectivity index (χ2n) is 7.81. The number of carbonyl (C=O) groups is 1. The maximum absolute atomic E-state index is 13.3. The van der Waals surface area contributed by atoms with Crippen molar-refractivity contribution >= 4 is 21.6 Å². The number of benzene rings is 1. The Balaban J connectivity index is 1.71. The van der Waals surface area contributed by atoms with Crippen molar-refractivity contribution in [1.29, 1.82) is 5.26 Å². The molecule has 1 aromatic carbocycles. The van der Waals surface area contributed by atoms with Crippen LogP contribution in [0.3, 0.4) is 0 Å². The van der Waals surface area contributed by atoms with E-state index in [1.165, 1.54) is 10.4 Å². The van der Waals surface area contributed by atoms with E-state index in [1.54, 1.807) is 19.1 Å². The third-order valence-corrected chi connectivity index (χ3v) is 7.76. The molecule has 2 heterocycles. The molecule has 2 saturated heterocycles. The molecule has 0 aromatic heterocycles. The number of carbonyl (C=O) groups excluding carboxylic acids is 1. The topological polar surface area (TPSA) is 112 Å². The standard InChI is InChI=1S/C21H30N4O4S/c1-2-25(15-17-5-4-12-29-17)30(27,28)20-7-3-6-19(18(20)13-22)23-11-10-16-8-9-21(26)24-14-16/h3,6-7,16-17,23H,2,4-5,8-12,14-15H2,1H3,(H,24,26). The third-order valence-electron chi connectivity index (χ3n) is 5.78. The molecule has 1 aromatic rings. The van der Waals surface area contributed by atoms with Crippen molar-refractivity contribution < 1.29 is 17.9 Å². The van der Waals surface area contributed by atoms with Gasteiger partial charge in [-0.05, 0) is 43.7 Å². The summed E-state index contributed by atoms with van der Waals surface area (Å²) in [5.41, 5.74) is 0.659. The lowest BCUT2D eigenvalue weighted by Gasteiger charge is -2.25. The highest BCUT2D eigenvalue weighted by atomic mass is 32.2. The fourth-order valence-electron chi connectivity index (χ4n) is 4.00. The van der Waals surface area contributed by atoms with Gasteiger partial charge in [-0.2, -0.15) is 9.57 Å². The van der Waals surface area contributed by atoms with E-state index >= 15 is 0 Å². The average Bonchev–Trinajstić information content (AvgIpc) is 3.26. The first-order valence-electron chi connectivity index (χ1n) is 10.6. The van der Waals surface area contributed by atoms with E-state index in [0.29, 0.717) is 50.8 Å². The molecule has 2 N–H and O–H groups in total. The van der Waals surface area contributed by atoms with Crippen LogP contribution in [0.1, 0.15) is 44.6 Å². The molecule has 3 rings (SSSR count). The Bertz CT molecular complexity index is 881. The maximum Gasteiger partial charge on any atom is 0.244 e. The molecule has 2 atom stereocenters. The molecule has 8 nitrogen and oxygen atoms in total. The summed E-state index contributed by atoms with van der Waals surface area (Å²) in [6.07, 6.45) is 3.92. The molecule has 2 aliphatic heterocycles. The SMILES string of the molecule is CCN(CC1CCCO1)S(=O)(=O)c1cccc(NCCC2CCC(=O)NC2)c1C#N. The molecule has 2 aliphatic rings. The molecule has 0 spiro atoms. The number of nitrogens with zero attached hydrogens (tertiary/aromatic N) is 2. The van der Waals surface area contributed by atoms with Gasteiger partial charge in [0, 0.05) is 39.2 Å². The predicted molar refractivity (Wildman–Crippen MR) is 113 cm³/mol. The van der Waals surface area contributed by atoms with Gasteiger partial charge in [0.2, 0.25) is 15.9 Å². The van der Waals surface area contributed by atoms with Crippen LogP contribution in [-0.2, 0) is 19.6 Å². The monoisotopic (exact) mass is 434 g/mol. The zero-order valence-corrected chi connectivity index (χ0v) is 18.2. The molecular formula is C21H30N4O4S. The van der Waals surface area contributed by atoms with Crippen molar-refractivity contribution in [3.05, 3.63) is 23.8 Å². The third kappa shape index (κ3) is 5.31. The van der Waals surface area contributed by atoms with E-state index in [9.17, 15) is 18.5 Å². The molecule has 0 radical (unpaired) electrons. The number of hydrogen-bond acceptors (Lipinski definition) is 6. The summed E-state index contributed by atoms with van der Waals surface area (Å²) in [7, 11) is -3.81. The Kier molecular flexibility index (Phi) is 7.69. The minimum Gasteiger partial charge on any atom is -0.384 e. The Labute approximate surface area is 178 Å². The van der Waals surface area contributed by atoms with Crippen LogP contribution in [0, 0.1) is 17.2 Å². The number of likely N-dealkylation sites (N-methyl/N-ethyl adjacent to an activating group) is 1. The quantitative estimate of drug-likeness (QED) is 0.615. The number of ether oxygens (including phenoxy) is 1. The molecule has 0 bridgehead atoms. The first-order valence-corrected chi connectivity index (χ1v) is 12.0. The normalized spacial score (nSPS) is 22.0. The van der Waals surface area contributed by atoms with Gasteiger partial charge in [0.1, 0.15) is 11.0 Å². The molecule has 0 aliphatic carbocycles. The number of anilines is 1. The number of nitriles is 1. The van der Waals surface area contributed by atoms with Crippen LogP contribution in [-0.4, -0.2) is 57.5 Å². The lowest BCUT2D eigenvalue weighted by atomic mass is 9.96. The first kappa shape index (κ1) is 22.5. The number of sulfonamides is 1. The highest BCUT2D eigenvalue weighted by molar-refractivity contribution is 7.89. The summed E-state index contributed by atoms with van der Waals surface area (Å²) in [6.45, 7) is 4.34. The largest absolute Gasteiger partial charge is 0.384 e.